The number of amides is 1. The molecular weight excluding hydrogens is 333 g/mol. The van der Waals surface area contributed by atoms with Crippen LogP contribution in [0.4, 0.5) is 10.1 Å². The summed E-state index contributed by atoms with van der Waals surface area (Å²) >= 11 is 0. The number of nitrogens with zero attached hydrogens (tertiary/aromatic N) is 3. The topological polar surface area (TPSA) is 47.0 Å². The number of carbonyl (C=O) groups is 1. The molecule has 1 heterocycles. The van der Waals surface area contributed by atoms with Gasteiger partial charge in [0.2, 0.25) is 5.91 Å². The molecule has 0 aliphatic carbocycles. The van der Waals surface area contributed by atoms with Crippen molar-refractivity contribution in [2.75, 3.05) is 45.2 Å². The molecule has 0 radical (unpaired) electrons. The maximum Gasteiger partial charge on any atom is 0.244 e. The molecule has 26 heavy (non-hydrogen) atoms. The van der Waals surface area contributed by atoms with Crippen molar-refractivity contribution in [3.8, 4) is 5.75 Å². The fraction of sp³-hybridized carbons (Fsp3) is 0.350. The lowest BCUT2D eigenvalue weighted by atomic mass is 10.0. The molecule has 1 aliphatic rings. The largest absolute Gasteiger partial charge is 0.508 e. The summed E-state index contributed by atoms with van der Waals surface area (Å²) in [5, 5.41) is 9.64. The van der Waals surface area contributed by atoms with Gasteiger partial charge in [-0.3, -0.25) is 9.69 Å². The van der Waals surface area contributed by atoms with Crippen LogP contribution in [0.15, 0.2) is 48.5 Å². The molecule has 0 aromatic heterocycles. The van der Waals surface area contributed by atoms with E-state index in [1.165, 1.54) is 12.1 Å². The summed E-state index contributed by atoms with van der Waals surface area (Å²) in [6.45, 7) is 2.64. The van der Waals surface area contributed by atoms with E-state index in [4.69, 9.17) is 0 Å². The van der Waals surface area contributed by atoms with Crippen molar-refractivity contribution in [3.05, 3.63) is 59.9 Å². The highest BCUT2D eigenvalue weighted by atomic mass is 19.1. The van der Waals surface area contributed by atoms with Crippen molar-refractivity contribution in [1.29, 1.82) is 0 Å². The summed E-state index contributed by atoms with van der Waals surface area (Å²) in [6.07, 6.45) is 0. The van der Waals surface area contributed by atoms with Gasteiger partial charge in [-0.2, -0.15) is 0 Å². The molecule has 1 amide bonds. The van der Waals surface area contributed by atoms with Gasteiger partial charge in [0.1, 0.15) is 17.6 Å². The van der Waals surface area contributed by atoms with E-state index < -0.39 is 6.04 Å². The fourth-order valence-corrected chi connectivity index (χ4v) is 3.35. The Bertz CT molecular complexity index is 756. The SMILES string of the molecule is CN(C)C(C(=O)N1CCN(c2cccc(O)c2)CC1)c1ccc(F)cc1. The van der Waals surface area contributed by atoms with Crippen LogP contribution in [0, 0.1) is 5.82 Å². The minimum Gasteiger partial charge on any atom is -0.508 e. The molecular formula is C20H24FN3O2. The molecule has 1 saturated heterocycles. The van der Waals surface area contributed by atoms with Gasteiger partial charge in [0.15, 0.2) is 0 Å². The summed E-state index contributed by atoms with van der Waals surface area (Å²) in [4.78, 5) is 18.9. The van der Waals surface area contributed by atoms with Crippen LogP contribution in [-0.4, -0.2) is 61.1 Å². The highest BCUT2D eigenvalue weighted by Gasteiger charge is 2.30. The van der Waals surface area contributed by atoms with Gasteiger partial charge in [0.05, 0.1) is 0 Å². The van der Waals surface area contributed by atoms with Crippen LogP contribution in [0.5, 0.6) is 5.75 Å². The van der Waals surface area contributed by atoms with E-state index in [1.54, 1.807) is 24.3 Å². The number of hydrogen-bond acceptors (Lipinski definition) is 4. The Morgan fingerprint density at radius 1 is 1.08 bits per heavy atom. The number of anilines is 1. The molecule has 1 unspecified atom stereocenters. The summed E-state index contributed by atoms with van der Waals surface area (Å²) in [6, 6.07) is 12.8. The molecule has 1 atom stereocenters. The van der Waals surface area contributed by atoms with Gasteiger partial charge in [0.25, 0.3) is 0 Å². The monoisotopic (exact) mass is 357 g/mol. The third-order valence-corrected chi connectivity index (χ3v) is 4.72. The number of phenols is 1. The third kappa shape index (κ3) is 3.96. The first-order valence-electron chi connectivity index (χ1n) is 8.70. The predicted molar refractivity (Wildman–Crippen MR) is 99.7 cm³/mol. The lowest BCUT2D eigenvalue weighted by Gasteiger charge is -2.38. The van der Waals surface area contributed by atoms with Crippen molar-refractivity contribution < 1.29 is 14.3 Å². The van der Waals surface area contributed by atoms with Gasteiger partial charge in [-0.15, -0.1) is 0 Å². The number of benzene rings is 2. The van der Waals surface area contributed by atoms with Gasteiger partial charge < -0.3 is 14.9 Å². The van der Waals surface area contributed by atoms with E-state index in [1.807, 2.05) is 36.0 Å². The Kier molecular flexibility index (Phi) is 5.42. The number of halogens is 1. The van der Waals surface area contributed by atoms with E-state index >= 15 is 0 Å². The van der Waals surface area contributed by atoms with Crippen LogP contribution in [0.2, 0.25) is 0 Å². The smallest absolute Gasteiger partial charge is 0.244 e. The van der Waals surface area contributed by atoms with Crippen LogP contribution >= 0.6 is 0 Å². The van der Waals surface area contributed by atoms with Crippen LogP contribution in [0.1, 0.15) is 11.6 Å². The first-order valence-corrected chi connectivity index (χ1v) is 8.70. The summed E-state index contributed by atoms with van der Waals surface area (Å²) in [5.74, 6) is -0.0411. The third-order valence-electron chi connectivity index (χ3n) is 4.72. The molecule has 0 spiro atoms. The number of likely N-dealkylation sites (N-methyl/N-ethyl adjacent to an activating group) is 1. The normalized spacial score (nSPS) is 16.0. The molecule has 1 fully saturated rings. The second-order valence-electron chi connectivity index (χ2n) is 6.75. The molecule has 0 bridgehead atoms. The van der Waals surface area contributed by atoms with E-state index in [-0.39, 0.29) is 17.5 Å². The van der Waals surface area contributed by atoms with Gasteiger partial charge in [-0.05, 0) is 43.9 Å². The lowest BCUT2D eigenvalue weighted by Crippen LogP contribution is -2.51. The molecule has 0 saturated carbocycles. The van der Waals surface area contributed by atoms with Crippen molar-refractivity contribution >= 4 is 11.6 Å². The molecule has 3 rings (SSSR count). The average molecular weight is 357 g/mol. The Morgan fingerprint density at radius 2 is 1.73 bits per heavy atom. The number of piperazine rings is 1. The minimum atomic E-state index is -0.428. The van der Waals surface area contributed by atoms with E-state index in [0.29, 0.717) is 26.2 Å². The van der Waals surface area contributed by atoms with Crippen LogP contribution in [0.3, 0.4) is 0 Å². The number of hydrogen-bond donors (Lipinski definition) is 1. The summed E-state index contributed by atoms with van der Waals surface area (Å²) < 4.78 is 13.2. The first-order chi connectivity index (χ1) is 12.5. The van der Waals surface area contributed by atoms with Gasteiger partial charge in [-0.25, -0.2) is 4.39 Å². The molecule has 6 heteroatoms. The fourth-order valence-electron chi connectivity index (χ4n) is 3.35. The molecule has 2 aromatic carbocycles. The zero-order valence-corrected chi connectivity index (χ0v) is 15.1. The molecule has 1 N–H and O–H groups in total. The zero-order chi connectivity index (χ0) is 18.7. The highest BCUT2D eigenvalue weighted by Crippen LogP contribution is 2.24. The number of rotatable bonds is 4. The molecule has 1 aliphatic heterocycles. The van der Waals surface area contributed by atoms with Gasteiger partial charge >= 0.3 is 0 Å². The maximum absolute atomic E-state index is 13.2. The van der Waals surface area contributed by atoms with Crippen LogP contribution < -0.4 is 4.90 Å². The lowest BCUT2D eigenvalue weighted by molar-refractivity contribution is -0.136. The van der Waals surface area contributed by atoms with Crippen molar-refractivity contribution in [1.82, 2.24) is 9.80 Å². The van der Waals surface area contributed by atoms with Gasteiger partial charge in [-0.1, -0.05) is 18.2 Å². The number of aromatic hydroxyl groups is 1. The molecule has 2 aromatic rings. The second kappa shape index (κ2) is 7.74. The Morgan fingerprint density at radius 3 is 2.31 bits per heavy atom. The number of carbonyl (C=O) groups excluding carboxylic acids is 1. The highest BCUT2D eigenvalue weighted by molar-refractivity contribution is 5.83. The van der Waals surface area contributed by atoms with E-state index in [9.17, 15) is 14.3 Å². The average Bonchev–Trinajstić information content (AvgIpc) is 2.63. The Hall–Kier alpha value is -2.60. The van der Waals surface area contributed by atoms with Crippen molar-refractivity contribution in [2.45, 2.75) is 6.04 Å². The van der Waals surface area contributed by atoms with Crippen LogP contribution in [0.25, 0.3) is 0 Å². The zero-order valence-electron chi connectivity index (χ0n) is 15.1. The molecule has 5 nitrogen and oxygen atoms in total. The predicted octanol–water partition coefficient (Wildman–Crippen LogP) is 2.48. The Labute approximate surface area is 153 Å². The van der Waals surface area contributed by atoms with E-state index in [2.05, 4.69) is 4.90 Å². The second-order valence-corrected chi connectivity index (χ2v) is 6.75. The minimum absolute atomic E-state index is 0.0252. The van der Waals surface area contributed by atoms with Gasteiger partial charge in [0, 0.05) is 37.9 Å². The van der Waals surface area contributed by atoms with Crippen LogP contribution in [-0.2, 0) is 4.79 Å². The molecule has 138 valence electrons. The van der Waals surface area contributed by atoms with E-state index in [0.717, 1.165) is 11.3 Å². The number of phenolic OH excluding ortho intramolecular Hbond substituents is 1. The quantitative estimate of drug-likeness (QED) is 0.913. The summed E-state index contributed by atoms with van der Waals surface area (Å²) in [5.41, 5.74) is 1.75. The Balaban J connectivity index is 1.69. The van der Waals surface area contributed by atoms with Crippen molar-refractivity contribution in [3.63, 3.8) is 0 Å². The first kappa shape index (κ1) is 18.2. The van der Waals surface area contributed by atoms with Crippen molar-refractivity contribution in [2.24, 2.45) is 0 Å². The maximum atomic E-state index is 13.2. The standard InChI is InChI=1S/C20H24FN3O2/c1-22(2)19(15-6-8-16(21)9-7-15)20(26)24-12-10-23(11-13-24)17-4-3-5-18(25)14-17/h3-9,14,19,25H,10-13H2,1-2H3. The summed E-state index contributed by atoms with van der Waals surface area (Å²) in [7, 11) is 3.71.